The number of nitrogens with zero attached hydrogens (tertiary/aromatic N) is 4. The number of amides is 2. The second kappa shape index (κ2) is 4.79. The fraction of sp³-hybridized carbons (Fsp3) is 0.636. The van der Waals surface area contributed by atoms with E-state index in [2.05, 4.69) is 10.3 Å². The van der Waals surface area contributed by atoms with Gasteiger partial charge < -0.3 is 31.7 Å². The van der Waals surface area contributed by atoms with Gasteiger partial charge in [0.2, 0.25) is 11.8 Å². The molecule has 0 aliphatic carbocycles. The van der Waals surface area contributed by atoms with E-state index in [4.69, 9.17) is 11.5 Å². The quantitative estimate of drug-likeness (QED) is 0.153. The van der Waals surface area contributed by atoms with Gasteiger partial charge in [0.05, 0.1) is 5.41 Å². The molecule has 0 aromatic rings. The number of carbonyl (C=O) groups excluding carboxylic acids is 2. The van der Waals surface area contributed by atoms with Crippen molar-refractivity contribution in [2.75, 3.05) is 13.1 Å². The van der Waals surface area contributed by atoms with E-state index in [-0.39, 0.29) is 11.7 Å². The molecule has 10 nitrogen and oxygen atoms in total. The Balaban J connectivity index is 2.20. The standard InChI is InChI=1S/C11H18N6O4/c1-11(2,9(14-20)16-3-5(16)7(12)18)10(15-21)17-4-6(17)8(13)19/h5-6,20-21H,3-4H2,1-2H3,(H2,12,18)(H2,13,19)/b14-9+,15-10+. The number of hydrogen-bond acceptors (Lipinski definition) is 6. The molecule has 21 heavy (non-hydrogen) atoms. The zero-order valence-electron chi connectivity index (χ0n) is 11.7. The van der Waals surface area contributed by atoms with E-state index in [1.807, 2.05) is 0 Å². The Bertz CT molecular complexity index is 497. The Hall–Kier alpha value is -2.52. The molecule has 2 aliphatic heterocycles. The van der Waals surface area contributed by atoms with Crippen LogP contribution in [0, 0.1) is 5.41 Å². The number of amidine groups is 2. The largest absolute Gasteiger partial charge is 0.409 e. The summed E-state index contributed by atoms with van der Waals surface area (Å²) in [5, 5.41) is 24.9. The van der Waals surface area contributed by atoms with Gasteiger partial charge in [0.1, 0.15) is 12.1 Å². The van der Waals surface area contributed by atoms with Gasteiger partial charge in [0, 0.05) is 13.1 Å². The van der Waals surface area contributed by atoms with Gasteiger partial charge in [0.15, 0.2) is 11.7 Å². The summed E-state index contributed by atoms with van der Waals surface area (Å²) >= 11 is 0. The van der Waals surface area contributed by atoms with Crippen LogP contribution in [0.3, 0.4) is 0 Å². The summed E-state index contributed by atoms with van der Waals surface area (Å²) in [7, 11) is 0. The minimum atomic E-state index is -1.03. The van der Waals surface area contributed by atoms with Crippen molar-refractivity contribution >= 4 is 23.5 Å². The Morgan fingerprint density at radius 3 is 1.52 bits per heavy atom. The van der Waals surface area contributed by atoms with E-state index in [9.17, 15) is 20.0 Å². The van der Waals surface area contributed by atoms with E-state index in [1.165, 1.54) is 9.80 Å². The normalized spacial score (nSPS) is 25.8. The van der Waals surface area contributed by atoms with Crippen LogP contribution in [0.1, 0.15) is 13.8 Å². The second-order valence-corrected chi connectivity index (χ2v) is 5.61. The number of rotatable bonds is 4. The molecule has 0 aromatic heterocycles. The average molecular weight is 298 g/mol. The Morgan fingerprint density at radius 2 is 1.33 bits per heavy atom. The van der Waals surface area contributed by atoms with Crippen LogP contribution >= 0.6 is 0 Å². The van der Waals surface area contributed by atoms with E-state index in [0.717, 1.165) is 0 Å². The summed E-state index contributed by atoms with van der Waals surface area (Å²) < 4.78 is 0. The SMILES string of the molecule is CC(C)(/C(=N\O)N1CC1C(N)=O)/C(=N\O)N1CC1C(N)=O. The Kier molecular flexibility index (Phi) is 3.39. The van der Waals surface area contributed by atoms with Gasteiger partial charge in [-0.15, -0.1) is 0 Å². The third kappa shape index (κ3) is 2.43. The zero-order valence-corrected chi connectivity index (χ0v) is 11.7. The van der Waals surface area contributed by atoms with Crippen molar-refractivity contribution < 1.29 is 20.0 Å². The van der Waals surface area contributed by atoms with Crippen molar-refractivity contribution in [3.8, 4) is 0 Å². The van der Waals surface area contributed by atoms with Crippen molar-refractivity contribution in [2.45, 2.75) is 25.9 Å². The molecule has 116 valence electrons. The molecule has 6 N–H and O–H groups in total. The number of nitrogens with two attached hydrogens (primary N) is 2. The van der Waals surface area contributed by atoms with Crippen molar-refractivity contribution in [1.82, 2.24) is 9.80 Å². The van der Waals surface area contributed by atoms with E-state index >= 15 is 0 Å². The summed E-state index contributed by atoms with van der Waals surface area (Å²) in [6.45, 7) is 3.94. The molecule has 0 aromatic carbocycles. The topological polar surface area (TPSA) is 157 Å². The number of hydrogen-bond donors (Lipinski definition) is 4. The van der Waals surface area contributed by atoms with Crippen molar-refractivity contribution in [3.05, 3.63) is 0 Å². The first-order valence-corrected chi connectivity index (χ1v) is 6.32. The van der Waals surface area contributed by atoms with Crippen LogP contribution in [0.2, 0.25) is 0 Å². The second-order valence-electron chi connectivity index (χ2n) is 5.61. The fourth-order valence-corrected chi connectivity index (χ4v) is 2.42. The highest BCUT2D eigenvalue weighted by atomic mass is 16.4. The van der Waals surface area contributed by atoms with Crippen molar-refractivity contribution in [3.63, 3.8) is 0 Å². The first-order valence-electron chi connectivity index (χ1n) is 6.32. The molecule has 0 bridgehead atoms. The van der Waals surface area contributed by atoms with Crippen LogP contribution in [-0.4, -0.2) is 68.9 Å². The van der Waals surface area contributed by atoms with Gasteiger partial charge in [-0.3, -0.25) is 9.59 Å². The first-order chi connectivity index (χ1) is 9.75. The van der Waals surface area contributed by atoms with Crippen LogP contribution in [0.5, 0.6) is 0 Å². The molecule has 0 saturated carbocycles. The summed E-state index contributed by atoms with van der Waals surface area (Å²) in [5.74, 6) is -0.796. The van der Waals surface area contributed by atoms with Gasteiger partial charge in [0.25, 0.3) is 0 Å². The molecule has 2 unspecified atom stereocenters. The summed E-state index contributed by atoms with van der Waals surface area (Å²) in [6.07, 6.45) is 0. The highest BCUT2D eigenvalue weighted by Gasteiger charge is 2.53. The monoisotopic (exact) mass is 298 g/mol. The molecule has 10 heteroatoms. The molecule has 2 saturated heterocycles. The third-order valence-corrected chi connectivity index (χ3v) is 3.73. The molecule has 2 fully saturated rings. The molecule has 0 radical (unpaired) electrons. The highest BCUT2D eigenvalue weighted by molar-refractivity contribution is 6.13. The molecule has 2 atom stereocenters. The highest BCUT2D eigenvalue weighted by Crippen LogP contribution is 2.34. The summed E-state index contributed by atoms with van der Waals surface area (Å²) in [4.78, 5) is 25.3. The van der Waals surface area contributed by atoms with E-state index in [1.54, 1.807) is 13.8 Å². The smallest absolute Gasteiger partial charge is 0.242 e. The lowest BCUT2D eigenvalue weighted by Gasteiger charge is -2.28. The maximum absolute atomic E-state index is 11.1. The maximum atomic E-state index is 11.1. The maximum Gasteiger partial charge on any atom is 0.242 e. The summed E-state index contributed by atoms with van der Waals surface area (Å²) in [5.41, 5.74) is 9.37. The van der Waals surface area contributed by atoms with Crippen LogP contribution < -0.4 is 11.5 Å². The lowest BCUT2D eigenvalue weighted by atomic mass is 9.89. The van der Waals surface area contributed by atoms with Gasteiger partial charge in [-0.1, -0.05) is 10.3 Å². The van der Waals surface area contributed by atoms with Crippen LogP contribution in [0.4, 0.5) is 0 Å². The molecule has 0 spiro atoms. The van der Waals surface area contributed by atoms with Gasteiger partial charge in [-0.05, 0) is 13.8 Å². The van der Waals surface area contributed by atoms with Crippen LogP contribution in [0.15, 0.2) is 10.3 Å². The third-order valence-electron chi connectivity index (χ3n) is 3.73. The lowest BCUT2D eigenvalue weighted by Crippen LogP contribution is -2.44. The number of carbonyl (C=O) groups is 2. The minimum absolute atomic E-state index is 0.134. The first kappa shape index (κ1) is 14.9. The number of oxime groups is 2. The molecule has 2 aliphatic rings. The van der Waals surface area contributed by atoms with E-state index < -0.39 is 29.3 Å². The average Bonchev–Trinajstić information content (AvgIpc) is 3.22. The van der Waals surface area contributed by atoms with Gasteiger partial charge >= 0.3 is 0 Å². The lowest BCUT2D eigenvalue weighted by molar-refractivity contribution is -0.118. The molecular weight excluding hydrogens is 280 g/mol. The van der Waals surface area contributed by atoms with Crippen molar-refractivity contribution in [1.29, 1.82) is 0 Å². The predicted molar refractivity (Wildman–Crippen MR) is 71.6 cm³/mol. The fourth-order valence-electron chi connectivity index (χ4n) is 2.42. The molecule has 2 heterocycles. The molecule has 2 rings (SSSR count). The Labute approximate surface area is 120 Å². The summed E-state index contributed by atoms with van der Waals surface area (Å²) in [6, 6.07) is -1.09. The van der Waals surface area contributed by atoms with Gasteiger partial charge in [-0.25, -0.2) is 0 Å². The van der Waals surface area contributed by atoms with Crippen molar-refractivity contribution in [2.24, 2.45) is 27.2 Å². The van der Waals surface area contributed by atoms with Crippen LogP contribution in [0.25, 0.3) is 0 Å². The molecular formula is C11H18N6O4. The number of primary amides is 2. The Morgan fingerprint density at radius 1 is 1.00 bits per heavy atom. The van der Waals surface area contributed by atoms with Crippen LogP contribution in [-0.2, 0) is 9.59 Å². The van der Waals surface area contributed by atoms with Gasteiger partial charge in [-0.2, -0.15) is 0 Å². The van der Waals surface area contributed by atoms with E-state index in [0.29, 0.717) is 13.1 Å². The predicted octanol–water partition coefficient (Wildman–Crippen LogP) is -2.07. The minimum Gasteiger partial charge on any atom is -0.409 e. The zero-order chi connectivity index (χ0) is 15.9. The molecule has 2 amide bonds.